The second-order valence-corrected chi connectivity index (χ2v) is 6.00. The molecule has 0 radical (unpaired) electrons. The van der Waals surface area contributed by atoms with Crippen molar-refractivity contribution in [2.75, 3.05) is 0 Å². The van der Waals surface area contributed by atoms with Gasteiger partial charge in [-0.15, -0.1) is 35.6 Å². The van der Waals surface area contributed by atoms with E-state index in [1.807, 2.05) is 97.1 Å². The smallest absolute Gasteiger partial charge is 0.872 e. The van der Waals surface area contributed by atoms with Crippen molar-refractivity contribution in [2.45, 2.75) is 0 Å². The first-order valence-corrected chi connectivity index (χ1v) is 8.73. The molecule has 3 heteroatoms. The fourth-order valence-electron chi connectivity index (χ4n) is 2.59. The van der Waals surface area contributed by atoms with Gasteiger partial charge < -0.3 is 10.2 Å². The van der Waals surface area contributed by atoms with Crippen molar-refractivity contribution in [3.05, 3.63) is 126 Å². The minimum Gasteiger partial charge on any atom is -0.872 e. The maximum atomic E-state index is 11.6. The molecule has 28 heavy (non-hydrogen) atoms. The monoisotopic (exact) mass is 408 g/mol. The third-order valence-corrected chi connectivity index (χ3v) is 4.04. The van der Waals surface area contributed by atoms with Gasteiger partial charge in [0.15, 0.2) is 0 Å². The Morgan fingerprint density at radius 3 is 2.04 bits per heavy atom. The van der Waals surface area contributed by atoms with Gasteiger partial charge in [-0.2, -0.15) is 12.1 Å². The van der Waals surface area contributed by atoms with Crippen LogP contribution < -0.4 is 5.11 Å². The second kappa shape index (κ2) is 10.9. The summed E-state index contributed by atoms with van der Waals surface area (Å²) in [5, 5.41) is 20.6. The molecule has 1 aliphatic rings. The zero-order valence-electron chi connectivity index (χ0n) is 15.2. The zero-order valence-corrected chi connectivity index (χ0v) is 16.3. The van der Waals surface area contributed by atoms with E-state index in [1.54, 1.807) is 18.2 Å². The van der Waals surface area contributed by atoms with Crippen LogP contribution in [0.15, 0.2) is 121 Å². The molecular weight excluding hydrogens is 388 g/mol. The Balaban J connectivity index is 0.000000198. The van der Waals surface area contributed by atoms with Crippen molar-refractivity contribution in [3.8, 4) is 16.9 Å². The van der Waals surface area contributed by atoms with Crippen LogP contribution in [-0.2, 0) is 17.1 Å². The molecule has 0 saturated heterocycles. The Morgan fingerprint density at radius 1 is 0.821 bits per heavy atom. The van der Waals surface area contributed by atoms with E-state index in [-0.39, 0.29) is 22.8 Å². The summed E-state index contributed by atoms with van der Waals surface area (Å²) in [6.07, 6.45) is 10.8. The van der Waals surface area contributed by atoms with E-state index in [9.17, 15) is 5.11 Å². The molecule has 3 aromatic rings. The van der Waals surface area contributed by atoms with E-state index in [0.717, 1.165) is 16.7 Å². The van der Waals surface area contributed by atoms with Gasteiger partial charge >= 0.3 is 17.1 Å². The van der Waals surface area contributed by atoms with Gasteiger partial charge in [0, 0.05) is 0 Å². The van der Waals surface area contributed by atoms with Gasteiger partial charge in [-0.1, -0.05) is 84.5 Å². The topological polar surface area (TPSA) is 43.3 Å². The first-order chi connectivity index (χ1) is 13.2. The predicted octanol–water partition coefficient (Wildman–Crippen LogP) is 5.22. The summed E-state index contributed by atoms with van der Waals surface area (Å²) < 4.78 is 0. The summed E-state index contributed by atoms with van der Waals surface area (Å²) in [6, 6.07) is 25.1. The molecule has 0 fully saturated rings. The Labute approximate surface area is 176 Å². The molecule has 0 aromatic heterocycles. The molecular formula is C25H20FeO2. The summed E-state index contributed by atoms with van der Waals surface area (Å²) >= 11 is 0. The minimum atomic E-state index is 0. The third kappa shape index (κ3) is 6.24. The first kappa shape index (κ1) is 21.2. The van der Waals surface area contributed by atoms with E-state index in [1.165, 1.54) is 5.56 Å². The van der Waals surface area contributed by atoms with E-state index in [2.05, 4.69) is 0 Å². The molecule has 2 nitrogen and oxygen atoms in total. The van der Waals surface area contributed by atoms with Crippen molar-refractivity contribution < 1.29 is 27.3 Å². The van der Waals surface area contributed by atoms with Gasteiger partial charge in [0.2, 0.25) is 0 Å². The summed E-state index contributed by atoms with van der Waals surface area (Å²) in [6.45, 7) is 0. The number of rotatable bonds is 3. The van der Waals surface area contributed by atoms with Crippen LogP contribution in [0.4, 0.5) is 0 Å². The van der Waals surface area contributed by atoms with Crippen LogP contribution in [0.3, 0.4) is 0 Å². The fourth-order valence-corrected chi connectivity index (χ4v) is 2.59. The number of benzene rings is 2. The van der Waals surface area contributed by atoms with Crippen molar-refractivity contribution in [3.63, 3.8) is 0 Å². The summed E-state index contributed by atoms with van der Waals surface area (Å²) in [7, 11) is 0. The van der Waals surface area contributed by atoms with Crippen LogP contribution >= 0.6 is 0 Å². The van der Waals surface area contributed by atoms with Crippen LogP contribution in [0, 0.1) is 0 Å². The minimum absolute atomic E-state index is 0. The van der Waals surface area contributed by atoms with Gasteiger partial charge in [0.1, 0.15) is 5.75 Å². The van der Waals surface area contributed by atoms with E-state index in [4.69, 9.17) is 5.11 Å². The van der Waals surface area contributed by atoms with Crippen molar-refractivity contribution >= 4 is 6.08 Å². The summed E-state index contributed by atoms with van der Waals surface area (Å²) in [5.41, 5.74) is 4.10. The number of phenols is 1. The van der Waals surface area contributed by atoms with Gasteiger partial charge in [-0.05, 0) is 11.1 Å². The average molecular weight is 408 g/mol. The third-order valence-electron chi connectivity index (χ3n) is 4.04. The maximum absolute atomic E-state index is 11.6. The number of allylic oxidation sites excluding steroid dienone is 6. The van der Waals surface area contributed by atoms with Crippen LogP contribution in [0.5, 0.6) is 5.75 Å². The maximum Gasteiger partial charge on any atom is 2.00 e. The van der Waals surface area contributed by atoms with Gasteiger partial charge in [-0.3, -0.25) is 0 Å². The molecule has 3 aromatic carbocycles. The Hall–Kier alpha value is -3.13. The van der Waals surface area contributed by atoms with Crippen molar-refractivity contribution in [1.82, 2.24) is 0 Å². The molecule has 0 atom stereocenters. The number of aromatic hydroxyl groups is 1. The Kier molecular flexibility index (Phi) is 8.23. The second-order valence-electron chi connectivity index (χ2n) is 6.00. The normalized spacial score (nSPS) is 11.8. The van der Waals surface area contributed by atoms with Crippen LogP contribution in [0.2, 0.25) is 0 Å². The fraction of sp³-hybridized carbons (Fsp3) is 0. The molecule has 0 saturated carbocycles. The molecule has 0 spiro atoms. The number of hydrogen-bond acceptors (Lipinski definition) is 2. The molecule has 0 bridgehead atoms. The van der Waals surface area contributed by atoms with Crippen LogP contribution in [0.1, 0.15) is 5.56 Å². The molecule has 0 heterocycles. The molecule has 0 unspecified atom stereocenters. The van der Waals surface area contributed by atoms with Crippen molar-refractivity contribution in [2.24, 2.45) is 0 Å². The summed E-state index contributed by atoms with van der Waals surface area (Å²) in [5.74, 6) is 0.356. The zero-order chi connectivity index (χ0) is 18.9. The Bertz CT molecular complexity index is 947. The summed E-state index contributed by atoms with van der Waals surface area (Å²) in [4.78, 5) is 0. The largest absolute Gasteiger partial charge is 2.00 e. The van der Waals surface area contributed by atoms with E-state index < -0.39 is 0 Å². The average Bonchev–Trinajstić information content (AvgIpc) is 3.42. The van der Waals surface area contributed by atoms with E-state index in [0.29, 0.717) is 5.75 Å². The van der Waals surface area contributed by atoms with E-state index >= 15 is 0 Å². The SMILES string of the molecule is Oc1ccc(-[c-]2cccc2)cc1.[Fe+2].[O-]C(C=Cc1ccccc1)=C1C=CC=C1. The molecule has 140 valence electrons. The predicted molar refractivity (Wildman–Crippen MR) is 110 cm³/mol. The number of phenolic OH excluding ortho intramolecular Hbond substituents is 1. The molecule has 4 rings (SSSR count). The van der Waals surface area contributed by atoms with Gasteiger partial charge in [0.05, 0.1) is 0 Å². The molecule has 1 aliphatic carbocycles. The number of hydrogen-bond donors (Lipinski definition) is 1. The van der Waals surface area contributed by atoms with Crippen LogP contribution in [0.25, 0.3) is 17.2 Å². The van der Waals surface area contributed by atoms with Gasteiger partial charge in [-0.25, -0.2) is 0 Å². The quantitative estimate of drug-likeness (QED) is 0.367. The first-order valence-electron chi connectivity index (χ1n) is 8.73. The molecule has 0 aliphatic heterocycles. The Morgan fingerprint density at radius 2 is 1.43 bits per heavy atom. The van der Waals surface area contributed by atoms with Crippen molar-refractivity contribution in [1.29, 1.82) is 0 Å². The molecule has 0 amide bonds. The van der Waals surface area contributed by atoms with Gasteiger partial charge in [0.25, 0.3) is 0 Å². The molecule has 1 N–H and O–H groups in total. The van der Waals surface area contributed by atoms with Crippen LogP contribution in [-0.4, -0.2) is 5.11 Å². The standard InChI is InChI=1S/C14H12O.C11H9O.Fe/c15-14(13-8-4-5-9-13)11-10-12-6-2-1-3-7-12;12-11-7-5-10(6-8-11)9-3-1-2-4-9;/h1-11,15H;1-8,12H;/q;-1;+2/p-1.